The summed E-state index contributed by atoms with van der Waals surface area (Å²) < 4.78 is 13.2. The Bertz CT molecular complexity index is 1050. The molecule has 6 atom stereocenters. The fourth-order valence-corrected chi connectivity index (χ4v) is 9.18. The first-order chi connectivity index (χ1) is 16.1. The molecule has 1 saturated heterocycles. The number of amidine groups is 1. The van der Waals surface area contributed by atoms with Crippen LogP contribution in [-0.2, 0) is 16.6 Å². The number of phenols is 1. The number of nitrogens with two attached hydrogens (primary N) is 1. The standard InChI is InChI=1S/C27H39N3O4/c1-16(28)29-11-5-12-30-13-10-26-21-17-6-7-18(31)22(21)34-23(26)27(33-4)9-8-25(26,20(30)14-17)15-19(27)24(2,3)32/h6-7,19-20,23,31-32H,5,8-15H2,1-4H3,(H2,28,29)/t19?,20-,23-,25?,26+,27-/m1/s1. The van der Waals surface area contributed by atoms with Crippen LogP contribution in [-0.4, -0.2) is 71.0 Å². The van der Waals surface area contributed by atoms with Crippen LogP contribution in [0.15, 0.2) is 17.1 Å². The molecule has 2 aliphatic heterocycles. The molecule has 3 saturated carbocycles. The molecule has 2 unspecified atom stereocenters. The maximum absolute atomic E-state index is 11.4. The summed E-state index contributed by atoms with van der Waals surface area (Å²) in [6, 6.07) is 4.29. The van der Waals surface area contributed by atoms with E-state index in [2.05, 4.69) is 16.0 Å². The second-order valence-corrected chi connectivity index (χ2v) is 12.0. The van der Waals surface area contributed by atoms with Gasteiger partial charge in [0, 0.05) is 48.6 Å². The number of nitrogens with zero attached hydrogens (tertiary/aromatic N) is 2. The molecule has 4 bridgehead atoms. The van der Waals surface area contributed by atoms with E-state index in [1.807, 2.05) is 20.8 Å². The molecule has 1 aromatic rings. The van der Waals surface area contributed by atoms with Gasteiger partial charge in [0.15, 0.2) is 11.5 Å². The number of hydrogen-bond donors (Lipinski definition) is 3. The number of aliphatic imine (C=N–C) groups is 1. The second-order valence-electron chi connectivity index (χ2n) is 12.0. The highest BCUT2D eigenvalue weighted by Gasteiger charge is 2.81. The SMILES string of the molecule is CO[C@]12CCC3(CC1C(C)(C)O)[C@H]1Cc4ccc(O)c5c4[C@@]3(CCN1CCCN=C(C)N)[C@H]2O5. The Morgan fingerprint density at radius 1 is 1.32 bits per heavy atom. The van der Waals surface area contributed by atoms with Gasteiger partial charge in [0.25, 0.3) is 0 Å². The van der Waals surface area contributed by atoms with Crippen LogP contribution in [0.2, 0.25) is 0 Å². The summed E-state index contributed by atoms with van der Waals surface area (Å²) in [4.78, 5) is 7.10. The van der Waals surface area contributed by atoms with Crippen molar-refractivity contribution in [3.05, 3.63) is 23.3 Å². The summed E-state index contributed by atoms with van der Waals surface area (Å²) in [5, 5.41) is 22.3. The molecule has 1 aromatic carbocycles. The minimum Gasteiger partial charge on any atom is -0.504 e. The third-order valence-corrected chi connectivity index (χ3v) is 10.3. The summed E-state index contributed by atoms with van der Waals surface area (Å²) in [5.74, 6) is 1.51. The number of aliphatic hydroxyl groups is 1. The zero-order valence-electron chi connectivity index (χ0n) is 20.9. The quantitative estimate of drug-likeness (QED) is 0.337. The van der Waals surface area contributed by atoms with Crippen LogP contribution < -0.4 is 10.5 Å². The van der Waals surface area contributed by atoms with Gasteiger partial charge in [-0.15, -0.1) is 0 Å². The Hall–Kier alpha value is -1.83. The minimum atomic E-state index is -0.891. The summed E-state index contributed by atoms with van der Waals surface area (Å²) >= 11 is 0. The van der Waals surface area contributed by atoms with Gasteiger partial charge in [0.1, 0.15) is 11.7 Å². The molecule has 2 spiro atoms. The van der Waals surface area contributed by atoms with Crippen molar-refractivity contribution in [1.82, 2.24) is 4.90 Å². The summed E-state index contributed by atoms with van der Waals surface area (Å²) in [6.07, 6.45) is 5.58. The highest BCUT2D eigenvalue weighted by atomic mass is 16.6. The van der Waals surface area contributed by atoms with E-state index in [9.17, 15) is 10.2 Å². The molecule has 0 aromatic heterocycles. The smallest absolute Gasteiger partial charge is 0.165 e. The van der Waals surface area contributed by atoms with E-state index in [-0.39, 0.29) is 28.6 Å². The average molecular weight is 470 g/mol. The zero-order chi connectivity index (χ0) is 24.1. The first-order valence-corrected chi connectivity index (χ1v) is 12.9. The van der Waals surface area contributed by atoms with Gasteiger partial charge in [0.2, 0.25) is 0 Å². The van der Waals surface area contributed by atoms with Gasteiger partial charge in [-0.25, -0.2) is 0 Å². The molecular formula is C27H39N3O4. The molecule has 6 aliphatic rings. The van der Waals surface area contributed by atoms with Gasteiger partial charge in [0.05, 0.1) is 11.4 Å². The predicted molar refractivity (Wildman–Crippen MR) is 130 cm³/mol. The topological polar surface area (TPSA) is 101 Å². The Morgan fingerprint density at radius 2 is 2.12 bits per heavy atom. The number of likely N-dealkylation sites (tertiary alicyclic amines) is 1. The van der Waals surface area contributed by atoms with Crippen LogP contribution in [0, 0.1) is 11.3 Å². The van der Waals surface area contributed by atoms with Crippen molar-refractivity contribution in [2.45, 2.75) is 88.1 Å². The van der Waals surface area contributed by atoms with E-state index in [1.54, 1.807) is 13.2 Å². The molecular weight excluding hydrogens is 430 g/mol. The lowest BCUT2D eigenvalue weighted by Gasteiger charge is -2.74. The molecule has 0 amide bonds. The van der Waals surface area contributed by atoms with Gasteiger partial charge in [-0.1, -0.05) is 6.07 Å². The van der Waals surface area contributed by atoms with E-state index in [1.165, 1.54) is 11.1 Å². The van der Waals surface area contributed by atoms with Crippen molar-refractivity contribution < 1.29 is 19.7 Å². The molecule has 7 rings (SSSR count). The van der Waals surface area contributed by atoms with Crippen molar-refractivity contribution in [2.75, 3.05) is 26.7 Å². The summed E-state index contributed by atoms with van der Waals surface area (Å²) in [5.41, 5.74) is 6.66. The predicted octanol–water partition coefficient (Wildman–Crippen LogP) is 2.74. The minimum absolute atomic E-state index is 0.0139. The molecule has 186 valence electrons. The van der Waals surface area contributed by atoms with Gasteiger partial charge in [-0.2, -0.15) is 0 Å². The van der Waals surface area contributed by atoms with Crippen molar-refractivity contribution >= 4 is 5.84 Å². The number of ether oxygens (including phenoxy) is 2. The van der Waals surface area contributed by atoms with Crippen molar-refractivity contribution in [3.8, 4) is 11.5 Å². The first-order valence-electron chi connectivity index (χ1n) is 12.9. The fraction of sp³-hybridized carbons (Fsp3) is 0.741. The summed E-state index contributed by atoms with van der Waals surface area (Å²) in [6.45, 7) is 8.45. The van der Waals surface area contributed by atoms with Crippen LogP contribution in [0.1, 0.15) is 64.0 Å². The summed E-state index contributed by atoms with van der Waals surface area (Å²) in [7, 11) is 1.79. The third-order valence-electron chi connectivity index (χ3n) is 10.3. The molecule has 4 aliphatic carbocycles. The Labute approximate surface area is 202 Å². The normalized spacial score (nSPS) is 40.3. The number of aromatic hydroxyl groups is 1. The fourth-order valence-electron chi connectivity index (χ4n) is 9.18. The highest BCUT2D eigenvalue weighted by molar-refractivity contribution is 5.77. The lowest BCUT2D eigenvalue weighted by Crippen LogP contribution is -2.82. The number of piperidine rings is 1. The second kappa shape index (κ2) is 7.11. The van der Waals surface area contributed by atoms with Gasteiger partial charge < -0.3 is 25.4 Å². The number of benzene rings is 1. The van der Waals surface area contributed by atoms with Crippen molar-refractivity contribution in [2.24, 2.45) is 22.1 Å². The highest BCUT2D eigenvalue weighted by Crippen LogP contribution is 2.77. The number of phenolic OH excluding ortho intramolecular Hbond substituents is 1. The van der Waals surface area contributed by atoms with Crippen LogP contribution in [0.3, 0.4) is 0 Å². The lowest BCUT2D eigenvalue weighted by atomic mass is 9.34. The van der Waals surface area contributed by atoms with Gasteiger partial charge >= 0.3 is 0 Å². The molecule has 4 N–H and O–H groups in total. The monoisotopic (exact) mass is 469 g/mol. The third kappa shape index (κ3) is 2.56. The molecule has 0 radical (unpaired) electrons. The molecule has 34 heavy (non-hydrogen) atoms. The molecule has 7 heteroatoms. The van der Waals surface area contributed by atoms with Crippen molar-refractivity contribution in [3.63, 3.8) is 0 Å². The van der Waals surface area contributed by atoms with E-state index in [0.29, 0.717) is 17.6 Å². The van der Waals surface area contributed by atoms with Crippen LogP contribution in [0.25, 0.3) is 0 Å². The zero-order valence-corrected chi connectivity index (χ0v) is 20.9. The van der Waals surface area contributed by atoms with Crippen LogP contribution in [0.5, 0.6) is 11.5 Å². The number of fused-ring (bicyclic) bond motifs is 2. The largest absolute Gasteiger partial charge is 0.504 e. The maximum atomic E-state index is 11.4. The number of hydrogen-bond acceptors (Lipinski definition) is 6. The van der Waals surface area contributed by atoms with E-state index in [4.69, 9.17) is 15.2 Å². The van der Waals surface area contributed by atoms with E-state index < -0.39 is 11.2 Å². The van der Waals surface area contributed by atoms with E-state index >= 15 is 0 Å². The van der Waals surface area contributed by atoms with Crippen LogP contribution in [0.4, 0.5) is 0 Å². The molecule has 7 nitrogen and oxygen atoms in total. The number of methoxy groups -OCH3 is 1. The van der Waals surface area contributed by atoms with Crippen LogP contribution >= 0.6 is 0 Å². The Kier molecular flexibility index (Phi) is 4.73. The maximum Gasteiger partial charge on any atom is 0.165 e. The lowest BCUT2D eigenvalue weighted by molar-refractivity contribution is -0.300. The average Bonchev–Trinajstić information content (AvgIpc) is 3.16. The first kappa shape index (κ1) is 22.6. The Balaban J connectivity index is 1.50. The molecule has 4 fully saturated rings. The number of rotatable bonds is 6. The molecule has 2 heterocycles. The van der Waals surface area contributed by atoms with Gasteiger partial charge in [-0.3, -0.25) is 9.89 Å². The van der Waals surface area contributed by atoms with E-state index in [0.717, 1.165) is 58.2 Å². The Morgan fingerprint density at radius 3 is 2.82 bits per heavy atom. The van der Waals surface area contributed by atoms with Crippen molar-refractivity contribution in [1.29, 1.82) is 0 Å². The van der Waals surface area contributed by atoms with Gasteiger partial charge in [-0.05, 0) is 77.5 Å².